The second-order valence-electron chi connectivity index (χ2n) is 7.28. The van der Waals surface area contributed by atoms with E-state index in [9.17, 15) is 14.0 Å². The quantitative estimate of drug-likeness (QED) is 0.890. The van der Waals surface area contributed by atoms with Crippen LogP contribution in [-0.4, -0.2) is 47.4 Å². The van der Waals surface area contributed by atoms with E-state index < -0.39 is 0 Å². The van der Waals surface area contributed by atoms with Gasteiger partial charge in [0.25, 0.3) is 0 Å². The van der Waals surface area contributed by atoms with Gasteiger partial charge in [-0.1, -0.05) is 19.1 Å². The number of nitrogens with zero attached hydrogens (tertiary/aromatic N) is 2. The lowest BCUT2D eigenvalue weighted by Gasteiger charge is -2.27. The standard InChI is InChI=1S/C19H26FN3O2/c1-14-2-8-17(9-3-14)21-18(24)13-23-11-10-22(19(23)25)12-15-4-6-16(20)7-5-15/h4-7,14,17H,2-3,8-13H2,1H3,(H,21,24). The summed E-state index contributed by atoms with van der Waals surface area (Å²) < 4.78 is 13.0. The van der Waals surface area contributed by atoms with Crippen molar-refractivity contribution in [3.8, 4) is 0 Å². The first-order valence-electron chi connectivity index (χ1n) is 9.09. The number of carbonyl (C=O) groups is 2. The molecule has 0 unspecified atom stereocenters. The summed E-state index contributed by atoms with van der Waals surface area (Å²) in [5.74, 6) is 0.386. The van der Waals surface area contributed by atoms with Crippen molar-refractivity contribution in [2.45, 2.75) is 45.2 Å². The van der Waals surface area contributed by atoms with Gasteiger partial charge in [0.2, 0.25) is 5.91 Å². The van der Waals surface area contributed by atoms with E-state index in [4.69, 9.17) is 0 Å². The monoisotopic (exact) mass is 347 g/mol. The highest BCUT2D eigenvalue weighted by molar-refractivity contribution is 5.85. The first-order chi connectivity index (χ1) is 12.0. The fraction of sp³-hybridized carbons (Fsp3) is 0.579. The van der Waals surface area contributed by atoms with E-state index in [1.54, 1.807) is 21.9 Å². The van der Waals surface area contributed by atoms with Gasteiger partial charge in [0.1, 0.15) is 12.4 Å². The van der Waals surface area contributed by atoms with Gasteiger partial charge in [-0.2, -0.15) is 0 Å². The molecular formula is C19H26FN3O2. The molecule has 1 saturated carbocycles. The van der Waals surface area contributed by atoms with Crippen molar-refractivity contribution in [2.24, 2.45) is 5.92 Å². The van der Waals surface area contributed by atoms with Crippen LogP contribution in [0.1, 0.15) is 38.2 Å². The van der Waals surface area contributed by atoms with Crippen LogP contribution in [0.25, 0.3) is 0 Å². The molecule has 0 spiro atoms. The van der Waals surface area contributed by atoms with Crippen molar-refractivity contribution >= 4 is 11.9 Å². The van der Waals surface area contributed by atoms with Crippen molar-refractivity contribution in [3.63, 3.8) is 0 Å². The molecule has 1 heterocycles. The van der Waals surface area contributed by atoms with Crippen LogP contribution >= 0.6 is 0 Å². The molecule has 25 heavy (non-hydrogen) atoms. The molecule has 5 nitrogen and oxygen atoms in total. The Morgan fingerprint density at radius 1 is 1.12 bits per heavy atom. The van der Waals surface area contributed by atoms with Gasteiger partial charge in [0.05, 0.1) is 0 Å². The molecule has 0 atom stereocenters. The van der Waals surface area contributed by atoms with E-state index >= 15 is 0 Å². The van der Waals surface area contributed by atoms with Gasteiger partial charge in [0, 0.05) is 25.7 Å². The smallest absolute Gasteiger partial charge is 0.320 e. The van der Waals surface area contributed by atoms with E-state index in [-0.39, 0.29) is 30.3 Å². The minimum absolute atomic E-state index is 0.0727. The van der Waals surface area contributed by atoms with Gasteiger partial charge >= 0.3 is 6.03 Å². The van der Waals surface area contributed by atoms with Gasteiger partial charge in [-0.05, 0) is 49.3 Å². The van der Waals surface area contributed by atoms with Crippen molar-refractivity contribution in [3.05, 3.63) is 35.6 Å². The third kappa shape index (κ3) is 4.71. The number of amides is 3. The topological polar surface area (TPSA) is 52.7 Å². The minimum Gasteiger partial charge on any atom is -0.352 e. The summed E-state index contributed by atoms with van der Waals surface area (Å²) in [5, 5.41) is 3.06. The third-order valence-corrected chi connectivity index (χ3v) is 5.18. The maximum absolute atomic E-state index is 13.0. The highest BCUT2D eigenvalue weighted by Gasteiger charge is 2.30. The zero-order valence-electron chi connectivity index (χ0n) is 14.7. The summed E-state index contributed by atoms with van der Waals surface area (Å²) in [6.45, 7) is 3.94. The Morgan fingerprint density at radius 3 is 2.44 bits per heavy atom. The lowest BCUT2D eigenvalue weighted by molar-refractivity contribution is -0.122. The van der Waals surface area contributed by atoms with Crippen molar-refractivity contribution in [1.29, 1.82) is 0 Å². The molecule has 1 aromatic carbocycles. The summed E-state index contributed by atoms with van der Waals surface area (Å²) in [6, 6.07) is 6.27. The maximum atomic E-state index is 13.0. The van der Waals surface area contributed by atoms with E-state index in [0.717, 1.165) is 37.2 Å². The second-order valence-corrected chi connectivity index (χ2v) is 7.28. The van der Waals surface area contributed by atoms with Crippen LogP contribution in [0.15, 0.2) is 24.3 Å². The number of benzene rings is 1. The molecule has 3 amide bonds. The molecule has 136 valence electrons. The average Bonchev–Trinajstić information content (AvgIpc) is 2.92. The molecule has 1 saturated heterocycles. The summed E-state index contributed by atoms with van der Waals surface area (Å²) in [6.07, 6.45) is 4.35. The van der Waals surface area contributed by atoms with Crippen LogP contribution in [0, 0.1) is 11.7 Å². The van der Waals surface area contributed by atoms with Crippen LogP contribution in [0.3, 0.4) is 0 Å². The summed E-state index contributed by atoms with van der Waals surface area (Å²) in [7, 11) is 0. The molecule has 1 N–H and O–H groups in total. The first-order valence-corrected chi connectivity index (χ1v) is 9.09. The number of halogens is 1. The lowest BCUT2D eigenvalue weighted by atomic mass is 9.87. The predicted octanol–water partition coefficient (Wildman–Crippen LogP) is 2.76. The van der Waals surface area contributed by atoms with Crippen LogP contribution < -0.4 is 5.32 Å². The molecule has 2 aliphatic rings. The fourth-order valence-corrected chi connectivity index (χ4v) is 3.59. The highest BCUT2D eigenvalue weighted by atomic mass is 19.1. The molecule has 2 fully saturated rings. The van der Waals surface area contributed by atoms with Crippen molar-refractivity contribution in [2.75, 3.05) is 19.6 Å². The van der Waals surface area contributed by atoms with Crippen LogP contribution in [-0.2, 0) is 11.3 Å². The van der Waals surface area contributed by atoms with Gasteiger partial charge in [-0.15, -0.1) is 0 Å². The predicted molar refractivity (Wildman–Crippen MR) is 93.3 cm³/mol. The zero-order chi connectivity index (χ0) is 17.8. The van der Waals surface area contributed by atoms with E-state index in [0.29, 0.717) is 19.6 Å². The molecule has 1 aliphatic heterocycles. The minimum atomic E-state index is -0.285. The Bertz CT molecular complexity index is 612. The molecular weight excluding hydrogens is 321 g/mol. The van der Waals surface area contributed by atoms with Gasteiger partial charge in [0.15, 0.2) is 0 Å². The van der Waals surface area contributed by atoms with Gasteiger partial charge in [-0.25, -0.2) is 9.18 Å². The van der Waals surface area contributed by atoms with Gasteiger partial charge < -0.3 is 15.1 Å². The molecule has 6 heteroatoms. The van der Waals surface area contributed by atoms with Gasteiger partial charge in [-0.3, -0.25) is 4.79 Å². The zero-order valence-corrected chi connectivity index (χ0v) is 14.7. The first kappa shape index (κ1) is 17.7. The Hall–Kier alpha value is -2.11. The summed E-state index contributed by atoms with van der Waals surface area (Å²) in [5.41, 5.74) is 0.886. The number of hydrogen-bond acceptors (Lipinski definition) is 2. The Morgan fingerprint density at radius 2 is 1.76 bits per heavy atom. The maximum Gasteiger partial charge on any atom is 0.320 e. The number of rotatable bonds is 5. The molecule has 3 rings (SSSR count). The molecule has 1 aliphatic carbocycles. The largest absolute Gasteiger partial charge is 0.352 e. The fourth-order valence-electron chi connectivity index (χ4n) is 3.59. The number of nitrogens with one attached hydrogen (secondary N) is 1. The summed E-state index contributed by atoms with van der Waals surface area (Å²) >= 11 is 0. The average molecular weight is 347 g/mol. The lowest BCUT2D eigenvalue weighted by Crippen LogP contribution is -2.44. The third-order valence-electron chi connectivity index (χ3n) is 5.18. The SMILES string of the molecule is CC1CCC(NC(=O)CN2CCN(Cc3ccc(F)cc3)C2=O)CC1. The Balaban J connectivity index is 1.46. The number of hydrogen-bond donors (Lipinski definition) is 1. The highest BCUT2D eigenvalue weighted by Crippen LogP contribution is 2.23. The Labute approximate surface area is 148 Å². The number of carbonyl (C=O) groups excluding carboxylic acids is 2. The van der Waals surface area contributed by atoms with E-state index in [2.05, 4.69) is 12.2 Å². The second kappa shape index (κ2) is 7.85. The molecule has 0 radical (unpaired) electrons. The van der Waals surface area contributed by atoms with Crippen LogP contribution in [0.4, 0.5) is 9.18 Å². The molecule has 0 bridgehead atoms. The molecule has 1 aromatic rings. The van der Waals surface area contributed by atoms with E-state index in [1.165, 1.54) is 12.1 Å². The summed E-state index contributed by atoms with van der Waals surface area (Å²) in [4.78, 5) is 28.0. The normalized spacial score (nSPS) is 23.8. The van der Waals surface area contributed by atoms with Crippen LogP contribution in [0.5, 0.6) is 0 Å². The van der Waals surface area contributed by atoms with Crippen LogP contribution in [0.2, 0.25) is 0 Å². The van der Waals surface area contributed by atoms with Crippen molar-refractivity contribution < 1.29 is 14.0 Å². The Kier molecular flexibility index (Phi) is 5.56. The molecule has 0 aromatic heterocycles. The van der Waals surface area contributed by atoms with E-state index in [1.807, 2.05) is 0 Å². The number of urea groups is 1. The van der Waals surface area contributed by atoms with Crippen molar-refractivity contribution in [1.82, 2.24) is 15.1 Å².